The molecule has 1 aliphatic rings. The second-order valence-electron chi connectivity index (χ2n) is 6.82. The molecule has 2 aromatic rings. The minimum atomic E-state index is -0.236. The van der Waals surface area contributed by atoms with Crippen LogP contribution in [0, 0.1) is 0 Å². The Morgan fingerprint density at radius 1 is 1.32 bits per heavy atom. The molecule has 0 radical (unpaired) electrons. The van der Waals surface area contributed by atoms with Gasteiger partial charge in [0.05, 0.1) is 5.25 Å². The van der Waals surface area contributed by atoms with E-state index in [4.69, 9.17) is 0 Å². The molecular formula is C19H26N4OS. The van der Waals surface area contributed by atoms with E-state index in [0.29, 0.717) is 11.8 Å². The number of benzene rings is 1. The Morgan fingerprint density at radius 3 is 2.72 bits per heavy atom. The quantitative estimate of drug-likeness (QED) is 0.749. The number of hydrogen-bond donors (Lipinski definition) is 1. The summed E-state index contributed by atoms with van der Waals surface area (Å²) in [7, 11) is 1.98. The topological polar surface area (TPSA) is 59.8 Å². The summed E-state index contributed by atoms with van der Waals surface area (Å²) in [4.78, 5) is 12.7. The van der Waals surface area contributed by atoms with E-state index in [1.54, 1.807) is 0 Å². The van der Waals surface area contributed by atoms with Crippen molar-refractivity contribution >= 4 is 23.4 Å². The molecule has 5 nitrogen and oxygen atoms in total. The highest BCUT2D eigenvalue weighted by atomic mass is 32.2. The summed E-state index contributed by atoms with van der Waals surface area (Å²) in [6.45, 7) is 6.26. The summed E-state index contributed by atoms with van der Waals surface area (Å²) in [6.07, 6.45) is 3.43. The van der Waals surface area contributed by atoms with Gasteiger partial charge in [-0.2, -0.15) is 0 Å². The van der Waals surface area contributed by atoms with Crippen LogP contribution in [0.3, 0.4) is 0 Å². The van der Waals surface area contributed by atoms with E-state index in [0.717, 1.165) is 23.1 Å². The van der Waals surface area contributed by atoms with Gasteiger partial charge in [-0.25, -0.2) is 0 Å². The number of hydrogen-bond acceptors (Lipinski definition) is 4. The van der Waals surface area contributed by atoms with Gasteiger partial charge in [0.2, 0.25) is 5.91 Å². The molecule has 1 aliphatic carbocycles. The fourth-order valence-corrected chi connectivity index (χ4v) is 3.65. The number of rotatable bonds is 7. The molecule has 6 heteroatoms. The lowest BCUT2D eigenvalue weighted by atomic mass is 9.97. The van der Waals surface area contributed by atoms with Gasteiger partial charge in [0.25, 0.3) is 0 Å². The Balaban J connectivity index is 1.67. The fraction of sp³-hybridized carbons (Fsp3) is 0.526. The maximum absolute atomic E-state index is 12.7. The molecule has 0 aliphatic heterocycles. The minimum absolute atomic E-state index is 0.00303. The molecule has 0 saturated heterocycles. The number of carbonyl (C=O) groups is 1. The standard InChI is InChI=1S/C19H26N4OS/c1-5-12(2)15-8-6-7-9-16(15)20-18(24)13(3)25-19-22-21-17(23(19)4)14-10-11-14/h6-9,12-14H,5,10-11H2,1-4H3,(H,20,24)/t12-,13-/m1/s1. The van der Waals surface area contributed by atoms with E-state index in [1.807, 2.05) is 36.7 Å². The zero-order valence-electron chi connectivity index (χ0n) is 15.3. The highest BCUT2D eigenvalue weighted by Crippen LogP contribution is 2.39. The van der Waals surface area contributed by atoms with Crippen LogP contribution in [-0.4, -0.2) is 25.9 Å². The van der Waals surface area contributed by atoms with Crippen LogP contribution in [0.25, 0.3) is 0 Å². The van der Waals surface area contributed by atoms with E-state index < -0.39 is 0 Å². The molecule has 0 spiro atoms. The molecule has 1 heterocycles. The van der Waals surface area contributed by atoms with Crippen LogP contribution in [0.1, 0.15) is 63.3 Å². The summed E-state index contributed by atoms with van der Waals surface area (Å²) >= 11 is 1.46. The lowest BCUT2D eigenvalue weighted by Gasteiger charge is -2.17. The lowest BCUT2D eigenvalue weighted by molar-refractivity contribution is -0.115. The number of aromatic nitrogens is 3. The van der Waals surface area contributed by atoms with Gasteiger partial charge >= 0.3 is 0 Å². The third-order valence-electron chi connectivity index (χ3n) is 4.82. The third kappa shape index (κ3) is 4.06. The van der Waals surface area contributed by atoms with Crippen molar-refractivity contribution in [1.82, 2.24) is 14.8 Å². The fourth-order valence-electron chi connectivity index (χ4n) is 2.83. The van der Waals surface area contributed by atoms with Crippen LogP contribution in [-0.2, 0) is 11.8 Å². The van der Waals surface area contributed by atoms with E-state index in [-0.39, 0.29) is 11.2 Å². The van der Waals surface area contributed by atoms with Gasteiger partial charge in [0.1, 0.15) is 5.82 Å². The molecule has 3 rings (SSSR count). The first-order chi connectivity index (χ1) is 12.0. The van der Waals surface area contributed by atoms with Crippen molar-refractivity contribution in [2.24, 2.45) is 7.05 Å². The van der Waals surface area contributed by atoms with E-state index >= 15 is 0 Å². The number of anilines is 1. The monoisotopic (exact) mass is 358 g/mol. The molecule has 25 heavy (non-hydrogen) atoms. The smallest absolute Gasteiger partial charge is 0.237 e. The van der Waals surface area contributed by atoms with E-state index in [2.05, 4.69) is 35.4 Å². The molecular weight excluding hydrogens is 332 g/mol. The Bertz CT molecular complexity index is 754. The van der Waals surface area contributed by atoms with Crippen LogP contribution in [0.15, 0.2) is 29.4 Å². The number of carbonyl (C=O) groups excluding carboxylic acids is 1. The zero-order valence-corrected chi connectivity index (χ0v) is 16.1. The Kier molecular flexibility index (Phi) is 5.47. The molecule has 0 bridgehead atoms. The summed E-state index contributed by atoms with van der Waals surface area (Å²) < 4.78 is 2.03. The maximum Gasteiger partial charge on any atom is 0.237 e. The number of para-hydroxylation sites is 1. The highest BCUT2D eigenvalue weighted by molar-refractivity contribution is 8.00. The molecule has 1 aromatic carbocycles. The molecule has 134 valence electrons. The van der Waals surface area contributed by atoms with Gasteiger partial charge in [-0.15, -0.1) is 10.2 Å². The molecule has 0 unspecified atom stereocenters. The van der Waals surface area contributed by atoms with Crippen molar-refractivity contribution in [2.45, 2.75) is 62.3 Å². The highest BCUT2D eigenvalue weighted by Gasteiger charge is 2.30. The normalized spacial score (nSPS) is 16.5. The van der Waals surface area contributed by atoms with Crippen LogP contribution in [0.5, 0.6) is 0 Å². The van der Waals surface area contributed by atoms with Crippen molar-refractivity contribution in [3.05, 3.63) is 35.7 Å². The number of nitrogens with one attached hydrogen (secondary N) is 1. The molecule has 1 N–H and O–H groups in total. The predicted molar refractivity (Wildman–Crippen MR) is 102 cm³/mol. The molecule has 1 fully saturated rings. The van der Waals surface area contributed by atoms with Crippen molar-refractivity contribution in [1.29, 1.82) is 0 Å². The second-order valence-corrected chi connectivity index (χ2v) is 8.13. The van der Waals surface area contributed by atoms with Crippen LogP contribution < -0.4 is 5.32 Å². The zero-order chi connectivity index (χ0) is 18.0. The predicted octanol–water partition coefficient (Wildman–Crippen LogP) is 4.33. The number of amides is 1. The SMILES string of the molecule is CC[C@@H](C)c1ccccc1NC(=O)[C@@H](C)Sc1nnc(C2CC2)n1C. The first kappa shape index (κ1) is 18.0. The first-order valence-electron chi connectivity index (χ1n) is 8.97. The van der Waals surface area contributed by atoms with Gasteiger partial charge in [-0.3, -0.25) is 4.79 Å². The van der Waals surface area contributed by atoms with Gasteiger partial charge in [-0.1, -0.05) is 43.8 Å². The Hall–Kier alpha value is -1.82. The van der Waals surface area contributed by atoms with E-state index in [9.17, 15) is 4.79 Å². The largest absolute Gasteiger partial charge is 0.325 e. The van der Waals surface area contributed by atoms with Gasteiger partial charge in [-0.05, 0) is 43.7 Å². The van der Waals surface area contributed by atoms with Gasteiger partial charge < -0.3 is 9.88 Å². The molecule has 1 aromatic heterocycles. The maximum atomic E-state index is 12.7. The lowest BCUT2D eigenvalue weighted by Crippen LogP contribution is -2.23. The van der Waals surface area contributed by atoms with Crippen molar-refractivity contribution in [2.75, 3.05) is 5.32 Å². The van der Waals surface area contributed by atoms with Gasteiger partial charge in [0.15, 0.2) is 5.16 Å². The van der Waals surface area contributed by atoms with Crippen molar-refractivity contribution in [3.8, 4) is 0 Å². The second kappa shape index (κ2) is 7.60. The summed E-state index contributed by atoms with van der Waals surface area (Å²) in [5.41, 5.74) is 2.09. The van der Waals surface area contributed by atoms with Crippen molar-refractivity contribution < 1.29 is 4.79 Å². The average molecular weight is 359 g/mol. The minimum Gasteiger partial charge on any atom is -0.325 e. The molecule has 1 saturated carbocycles. The Morgan fingerprint density at radius 2 is 2.04 bits per heavy atom. The van der Waals surface area contributed by atoms with Crippen LogP contribution >= 0.6 is 11.8 Å². The first-order valence-corrected chi connectivity index (χ1v) is 9.85. The molecule has 1 amide bonds. The summed E-state index contributed by atoms with van der Waals surface area (Å²) in [5, 5.41) is 12.2. The number of thioether (sulfide) groups is 1. The average Bonchev–Trinajstić information content (AvgIpc) is 3.39. The van der Waals surface area contributed by atoms with Crippen LogP contribution in [0.4, 0.5) is 5.69 Å². The van der Waals surface area contributed by atoms with Gasteiger partial charge in [0, 0.05) is 18.7 Å². The summed E-state index contributed by atoms with van der Waals surface area (Å²) in [5.74, 6) is 2.01. The third-order valence-corrected chi connectivity index (χ3v) is 5.96. The summed E-state index contributed by atoms with van der Waals surface area (Å²) in [6, 6.07) is 8.05. The number of nitrogens with zero attached hydrogens (tertiary/aromatic N) is 3. The van der Waals surface area contributed by atoms with Crippen molar-refractivity contribution in [3.63, 3.8) is 0 Å². The molecule has 2 atom stereocenters. The van der Waals surface area contributed by atoms with Crippen LogP contribution in [0.2, 0.25) is 0 Å². The Labute approximate surface area is 153 Å². The van der Waals surface area contributed by atoms with E-state index in [1.165, 1.54) is 30.2 Å².